The zero-order valence-electron chi connectivity index (χ0n) is 9.02. The van der Waals surface area contributed by atoms with Crippen molar-refractivity contribution in [1.29, 1.82) is 0 Å². The Balaban J connectivity index is 2.32. The predicted octanol–water partition coefficient (Wildman–Crippen LogP) is 4.08. The van der Waals surface area contributed by atoms with Crippen LogP contribution in [0.5, 0.6) is 5.75 Å². The Hall–Kier alpha value is -1.17. The molecule has 1 heterocycles. The minimum absolute atomic E-state index is 0.0375. The second kappa shape index (κ2) is 5.65. The monoisotopic (exact) mass is 290 g/mol. The number of rotatable bonds is 4. The summed E-state index contributed by atoms with van der Waals surface area (Å²) >= 11 is 6.96. The highest BCUT2D eigenvalue weighted by Gasteiger charge is 2.18. The maximum atomic E-state index is 12.2. The van der Waals surface area contributed by atoms with Gasteiger partial charge in [0.1, 0.15) is 11.9 Å². The van der Waals surface area contributed by atoms with Gasteiger partial charge in [-0.3, -0.25) is 0 Å². The lowest BCUT2D eigenvalue weighted by atomic mass is 10.1. The van der Waals surface area contributed by atoms with Crippen molar-refractivity contribution in [2.24, 2.45) is 0 Å². The third kappa shape index (κ3) is 2.98. The van der Waals surface area contributed by atoms with Crippen molar-refractivity contribution in [1.82, 2.24) is 0 Å². The summed E-state index contributed by atoms with van der Waals surface area (Å²) in [5.41, 5.74) is 0.288. The number of aliphatic hydroxyl groups is 1. The van der Waals surface area contributed by atoms with Crippen molar-refractivity contribution in [3.8, 4) is 5.75 Å². The fraction of sp³-hybridized carbons (Fsp3) is 0.167. The van der Waals surface area contributed by atoms with Gasteiger partial charge in [-0.05, 0) is 18.2 Å². The topological polar surface area (TPSA) is 29.5 Å². The Labute approximate surface area is 111 Å². The molecular weight excluding hydrogens is 282 g/mol. The van der Waals surface area contributed by atoms with Crippen LogP contribution >= 0.6 is 22.9 Å². The first-order valence-electron chi connectivity index (χ1n) is 5.05. The summed E-state index contributed by atoms with van der Waals surface area (Å²) in [7, 11) is 0. The summed E-state index contributed by atoms with van der Waals surface area (Å²) in [4.78, 5) is 0.574. The average molecular weight is 291 g/mol. The molecule has 1 N–H and O–H groups in total. The second-order valence-corrected chi connectivity index (χ2v) is 5.21. The van der Waals surface area contributed by atoms with E-state index in [0.29, 0.717) is 9.21 Å². The minimum Gasteiger partial charge on any atom is -0.434 e. The molecule has 1 aromatic heterocycles. The average Bonchev–Trinajstić information content (AvgIpc) is 2.75. The first kappa shape index (κ1) is 13.3. The zero-order chi connectivity index (χ0) is 13.1. The molecular formula is C12H9ClF2O2S. The molecule has 0 amide bonds. The molecule has 0 bridgehead atoms. The molecule has 96 valence electrons. The van der Waals surface area contributed by atoms with E-state index in [9.17, 15) is 13.9 Å². The fourth-order valence-electron chi connectivity index (χ4n) is 1.54. The van der Waals surface area contributed by atoms with Crippen molar-refractivity contribution >= 4 is 22.9 Å². The van der Waals surface area contributed by atoms with Crippen molar-refractivity contribution in [3.63, 3.8) is 0 Å². The van der Waals surface area contributed by atoms with Crippen LogP contribution in [-0.2, 0) is 0 Å². The Bertz CT molecular complexity index is 530. The van der Waals surface area contributed by atoms with Crippen LogP contribution in [0.1, 0.15) is 16.5 Å². The molecule has 0 aliphatic carbocycles. The van der Waals surface area contributed by atoms with E-state index in [1.54, 1.807) is 24.3 Å². The lowest BCUT2D eigenvalue weighted by Crippen LogP contribution is -2.07. The van der Waals surface area contributed by atoms with Gasteiger partial charge in [-0.15, -0.1) is 11.3 Å². The van der Waals surface area contributed by atoms with Crippen molar-refractivity contribution in [2.75, 3.05) is 0 Å². The summed E-state index contributed by atoms with van der Waals surface area (Å²) in [6, 6.07) is 9.43. The number of aliphatic hydroxyl groups excluding tert-OH is 1. The molecule has 2 rings (SSSR count). The molecule has 2 nitrogen and oxygen atoms in total. The largest absolute Gasteiger partial charge is 0.434 e. The lowest BCUT2D eigenvalue weighted by Gasteiger charge is -2.14. The Morgan fingerprint density at radius 3 is 2.50 bits per heavy atom. The van der Waals surface area contributed by atoms with Gasteiger partial charge in [-0.1, -0.05) is 29.8 Å². The number of hydrogen-bond acceptors (Lipinski definition) is 3. The standard InChI is InChI=1S/C12H9ClF2O2S/c13-10-6-5-9(18-10)11(16)7-3-1-2-4-8(7)17-12(14)15/h1-6,11-12,16H. The van der Waals surface area contributed by atoms with Crippen LogP contribution in [0.2, 0.25) is 4.34 Å². The second-order valence-electron chi connectivity index (χ2n) is 3.46. The normalized spacial score (nSPS) is 12.7. The molecule has 0 saturated carbocycles. The molecule has 0 aliphatic rings. The molecule has 1 aromatic carbocycles. The first-order valence-corrected chi connectivity index (χ1v) is 6.24. The highest BCUT2D eigenvalue weighted by atomic mass is 35.5. The number of benzene rings is 1. The smallest absolute Gasteiger partial charge is 0.387 e. The van der Waals surface area contributed by atoms with E-state index in [0.717, 1.165) is 0 Å². The number of halogens is 3. The third-order valence-corrected chi connectivity index (χ3v) is 3.58. The van der Waals surface area contributed by atoms with E-state index in [1.807, 2.05) is 0 Å². The quantitative estimate of drug-likeness (QED) is 0.919. The third-order valence-electron chi connectivity index (χ3n) is 2.29. The maximum Gasteiger partial charge on any atom is 0.387 e. The lowest BCUT2D eigenvalue weighted by molar-refractivity contribution is -0.0512. The van der Waals surface area contributed by atoms with E-state index < -0.39 is 12.7 Å². The maximum absolute atomic E-state index is 12.2. The van der Waals surface area contributed by atoms with Crippen LogP contribution < -0.4 is 4.74 Å². The van der Waals surface area contributed by atoms with E-state index >= 15 is 0 Å². The van der Waals surface area contributed by atoms with E-state index in [2.05, 4.69) is 4.74 Å². The number of ether oxygens (including phenoxy) is 1. The van der Waals surface area contributed by atoms with Crippen molar-refractivity contribution < 1.29 is 18.6 Å². The first-order chi connectivity index (χ1) is 8.58. The minimum atomic E-state index is -2.93. The summed E-state index contributed by atoms with van der Waals surface area (Å²) in [5.74, 6) is -0.0375. The van der Waals surface area contributed by atoms with Crippen LogP contribution in [0.4, 0.5) is 8.78 Å². The Kier molecular flexibility index (Phi) is 4.16. The summed E-state index contributed by atoms with van der Waals surface area (Å²) in [6.07, 6.45) is -1.03. The molecule has 0 spiro atoms. The Morgan fingerprint density at radius 1 is 1.17 bits per heavy atom. The number of para-hydroxylation sites is 1. The molecule has 0 fully saturated rings. The van der Waals surface area contributed by atoms with E-state index in [-0.39, 0.29) is 11.3 Å². The van der Waals surface area contributed by atoms with Gasteiger partial charge in [-0.25, -0.2) is 0 Å². The van der Waals surface area contributed by atoms with Crippen LogP contribution in [0, 0.1) is 0 Å². The molecule has 1 unspecified atom stereocenters. The molecule has 2 aromatic rings. The van der Waals surface area contributed by atoms with Gasteiger partial charge in [0, 0.05) is 10.4 Å². The number of alkyl halides is 2. The highest BCUT2D eigenvalue weighted by molar-refractivity contribution is 7.16. The summed E-state index contributed by atoms with van der Waals surface area (Å²) in [6.45, 7) is -2.93. The molecule has 0 radical (unpaired) electrons. The van der Waals surface area contributed by atoms with Gasteiger partial charge in [0.05, 0.1) is 4.34 Å². The van der Waals surface area contributed by atoms with Gasteiger partial charge < -0.3 is 9.84 Å². The fourth-order valence-corrected chi connectivity index (χ4v) is 2.60. The summed E-state index contributed by atoms with van der Waals surface area (Å²) in [5, 5.41) is 10.1. The zero-order valence-corrected chi connectivity index (χ0v) is 10.6. The van der Waals surface area contributed by atoms with Gasteiger partial charge >= 0.3 is 6.61 Å². The number of hydrogen-bond donors (Lipinski definition) is 1. The SMILES string of the molecule is OC(c1ccc(Cl)s1)c1ccccc1OC(F)F. The van der Waals surface area contributed by atoms with Gasteiger partial charge in [0.2, 0.25) is 0 Å². The molecule has 0 aliphatic heterocycles. The molecule has 6 heteroatoms. The molecule has 18 heavy (non-hydrogen) atoms. The van der Waals surface area contributed by atoms with Crippen LogP contribution in [0.25, 0.3) is 0 Å². The predicted molar refractivity (Wildman–Crippen MR) is 66.5 cm³/mol. The van der Waals surface area contributed by atoms with Gasteiger partial charge in [0.15, 0.2) is 0 Å². The number of thiophene rings is 1. The molecule has 0 saturated heterocycles. The van der Waals surface area contributed by atoms with Gasteiger partial charge in [0.25, 0.3) is 0 Å². The van der Waals surface area contributed by atoms with Crippen LogP contribution in [-0.4, -0.2) is 11.7 Å². The van der Waals surface area contributed by atoms with Gasteiger partial charge in [-0.2, -0.15) is 8.78 Å². The van der Waals surface area contributed by atoms with E-state index in [4.69, 9.17) is 11.6 Å². The van der Waals surface area contributed by atoms with E-state index in [1.165, 1.54) is 23.5 Å². The van der Waals surface area contributed by atoms with Crippen molar-refractivity contribution in [2.45, 2.75) is 12.7 Å². The van der Waals surface area contributed by atoms with Crippen molar-refractivity contribution in [3.05, 3.63) is 51.2 Å². The van der Waals surface area contributed by atoms with Crippen LogP contribution in [0.15, 0.2) is 36.4 Å². The van der Waals surface area contributed by atoms with Crippen LogP contribution in [0.3, 0.4) is 0 Å². The summed E-state index contributed by atoms with van der Waals surface area (Å²) < 4.78 is 29.4. The Morgan fingerprint density at radius 2 is 1.89 bits per heavy atom. The highest BCUT2D eigenvalue weighted by Crippen LogP contribution is 2.35. The molecule has 1 atom stereocenters.